The van der Waals surface area contributed by atoms with E-state index >= 15 is 0 Å². The molecule has 1 aliphatic rings. The summed E-state index contributed by atoms with van der Waals surface area (Å²) in [6, 6.07) is 4.14. The highest BCUT2D eigenvalue weighted by molar-refractivity contribution is 5.94. The zero-order valence-electron chi connectivity index (χ0n) is 9.74. The second-order valence-electron chi connectivity index (χ2n) is 4.65. The Morgan fingerprint density at radius 2 is 2.24 bits per heavy atom. The number of hydrogen-bond acceptors (Lipinski definition) is 2. The Kier molecular flexibility index (Phi) is 3.31. The lowest BCUT2D eigenvalue weighted by Gasteiger charge is -2.20. The number of carbonyl (C=O) groups is 1. The van der Waals surface area contributed by atoms with Crippen LogP contribution in [-0.4, -0.2) is 17.1 Å². The lowest BCUT2D eigenvalue weighted by Crippen LogP contribution is -2.23. The van der Waals surface area contributed by atoms with E-state index < -0.39 is 11.8 Å². The maximum atomic E-state index is 13.0. The van der Waals surface area contributed by atoms with Crippen LogP contribution in [0.1, 0.15) is 36.5 Å². The number of anilines is 1. The van der Waals surface area contributed by atoms with Crippen molar-refractivity contribution in [1.82, 2.24) is 0 Å². The normalized spacial score (nSPS) is 23.6. The summed E-state index contributed by atoms with van der Waals surface area (Å²) in [5.74, 6) is -1.09. The van der Waals surface area contributed by atoms with Crippen LogP contribution in [0.15, 0.2) is 18.2 Å². The Morgan fingerprint density at radius 1 is 1.47 bits per heavy atom. The number of aromatic carboxylic acids is 1. The molecule has 0 heterocycles. The molecule has 2 N–H and O–H groups in total. The molecule has 1 aromatic carbocycles. The maximum Gasteiger partial charge on any atom is 0.337 e. The van der Waals surface area contributed by atoms with Crippen LogP contribution in [0.3, 0.4) is 0 Å². The van der Waals surface area contributed by atoms with Gasteiger partial charge in [0.1, 0.15) is 5.82 Å². The van der Waals surface area contributed by atoms with Crippen LogP contribution < -0.4 is 5.32 Å². The van der Waals surface area contributed by atoms with Crippen molar-refractivity contribution in [3.8, 4) is 0 Å². The van der Waals surface area contributed by atoms with Crippen molar-refractivity contribution in [2.45, 2.75) is 32.2 Å². The van der Waals surface area contributed by atoms with E-state index in [4.69, 9.17) is 5.11 Å². The van der Waals surface area contributed by atoms with E-state index in [1.54, 1.807) is 0 Å². The minimum Gasteiger partial charge on any atom is -0.478 e. The maximum absolute atomic E-state index is 13.0. The number of carboxylic acid groups (broad SMARTS) is 1. The molecule has 0 bridgehead atoms. The van der Waals surface area contributed by atoms with Crippen LogP contribution in [0.5, 0.6) is 0 Å². The fraction of sp³-hybridized carbons (Fsp3) is 0.462. The molecule has 92 valence electrons. The van der Waals surface area contributed by atoms with Crippen molar-refractivity contribution in [1.29, 1.82) is 0 Å². The van der Waals surface area contributed by atoms with Crippen LogP contribution in [0.2, 0.25) is 0 Å². The summed E-state index contributed by atoms with van der Waals surface area (Å²) in [6.07, 6.45) is 3.35. The Morgan fingerprint density at radius 3 is 2.82 bits per heavy atom. The number of rotatable bonds is 3. The van der Waals surface area contributed by atoms with Gasteiger partial charge < -0.3 is 10.4 Å². The van der Waals surface area contributed by atoms with Gasteiger partial charge >= 0.3 is 5.97 Å². The zero-order valence-corrected chi connectivity index (χ0v) is 9.74. The van der Waals surface area contributed by atoms with E-state index in [0.29, 0.717) is 17.6 Å². The summed E-state index contributed by atoms with van der Waals surface area (Å²) in [5.41, 5.74) is 0.516. The van der Waals surface area contributed by atoms with Crippen molar-refractivity contribution in [2.75, 3.05) is 5.32 Å². The van der Waals surface area contributed by atoms with E-state index in [2.05, 4.69) is 12.2 Å². The molecule has 0 aromatic heterocycles. The number of benzene rings is 1. The second-order valence-corrected chi connectivity index (χ2v) is 4.65. The molecule has 0 saturated heterocycles. The van der Waals surface area contributed by atoms with Crippen molar-refractivity contribution < 1.29 is 14.3 Å². The molecular weight excluding hydrogens is 221 g/mol. The van der Waals surface area contributed by atoms with E-state index in [0.717, 1.165) is 25.3 Å². The second kappa shape index (κ2) is 4.73. The Bertz CT molecular complexity index is 433. The van der Waals surface area contributed by atoms with E-state index in [-0.39, 0.29) is 5.56 Å². The standard InChI is InChI=1S/C13H16FNO2/c1-8-3-2-4-11(8)15-12-6-5-9(14)7-10(12)13(16)17/h5-8,11,15H,2-4H2,1H3,(H,16,17). The average Bonchev–Trinajstić information content (AvgIpc) is 2.67. The summed E-state index contributed by atoms with van der Waals surface area (Å²) in [6.45, 7) is 2.15. The van der Waals surface area contributed by atoms with Crippen LogP contribution in [0.25, 0.3) is 0 Å². The van der Waals surface area contributed by atoms with E-state index in [1.165, 1.54) is 12.1 Å². The molecule has 2 unspecified atom stereocenters. The highest BCUT2D eigenvalue weighted by atomic mass is 19.1. The molecule has 4 heteroatoms. The van der Waals surface area contributed by atoms with Crippen molar-refractivity contribution in [3.05, 3.63) is 29.6 Å². The number of nitrogens with one attached hydrogen (secondary N) is 1. The molecule has 1 fully saturated rings. The van der Waals surface area contributed by atoms with Gasteiger partial charge in [-0.3, -0.25) is 0 Å². The van der Waals surface area contributed by atoms with Gasteiger partial charge in [0, 0.05) is 11.7 Å². The van der Waals surface area contributed by atoms with Gasteiger partial charge in [0.15, 0.2) is 0 Å². The molecule has 1 aliphatic carbocycles. The van der Waals surface area contributed by atoms with Gasteiger partial charge in [-0.2, -0.15) is 0 Å². The first-order valence-corrected chi connectivity index (χ1v) is 5.87. The first-order valence-electron chi connectivity index (χ1n) is 5.87. The molecule has 0 radical (unpaired) electrons. The topological polar surface area (TPSA) is 49.3 Å². The molecule has 2 atom stereocenters. The smallest absolute Gasteiger partial charge is 0.337 e. The quantitative estimate of drug-likeness (QED) is 0.849. The van der Waals surface area contributed by atoms with Crippen LogP contribution in [-0.2, 0) is 0 Å². The molecule has 0 aliphatic heterocycles. The SMILES string of the molecule is CC1CCCC1Nc1ccc(F)cc1C(=O)O. The molecule has 1 saturated carbocycles. The highest BCUT2D eigenvalue weighted by Crippen LogP contribution is 2.29. The minimum absolute atomic E-state index is 0.00380. The molecule has 1 aromatic rings. The zero-order chi connectivity index (χ0) is 12.4. The number of carboxylic acids is 1. The lowest BCUT2D eigenvalue weighted by molar-refractivity contribution is 0.0697. The molecule has 0 amide bonds. The van der Waals surface area contributed by atoms with Gasteiger partial charge in [0.05, 0.1) is 5.56 Å². The molecule has 0 spiro atoms. The number of halogens is 1. The molecular formula is C13H16FNO2. The molecule has 2 rings (SSSR count). The van der Waals surface area contributed by atoms with E-state index in [1.807, 2.05) is 0 Å². The van der Waals surface area contributed by atoms with Gasteiger partial charge in [0.25, 0.3) is 0 Å². The summed E-state index contributed by atoms with van der Waals surface area (Å²) in [5, 5.41) is 12.2. The average molecular weight is 237 g/mol. The first-order chi connectivity index (χ1) is 8.08. The highest BCUT2D eigenvalue weighted by Gasteiger charge is 2.24. The number of hydrogen-bond donors (Lipinski definition) is 2. The fourth-order valence-corrected chi connectivity index (χ4v) is 2.38. The monoisotopic (exact) mass is 237 g/mol. The minimum atomic E-state index is -1.10. The molecule has 3 nitrogen and oxygen atoms in total. The van der Waals surface area contributed by atoms with Crippen LogP contribution in [0.4, 0.5) is 10.1 Å². The summed E-state index contributed by atoms with van der Waals surface area (Å²) in [4.78, 5) is 11.0. The largest absolute Gasteiger partial charge is 0.478 e. The molecule has 17 heavy (non-hydrogen) atoms. The third kappa shape index (κ3) is 2.57. The van der Waals surface area contributed by atoms with Crippen molar-refractivity contribution in [2.24, 2.45) is 5.92 Å². The Hall–Kier alpha value is -1.58. The predicted molar refractivity (Wildman–Crippen MR) is 63.8 cm³/mol. The third-order valence-electron chi connectivity index (χ3n) is 3.41. The Labute approximate surface area is 99.7 Å². The third-order valence-corrected chi connectivity index (χ3v) is 3.41. The summed E-state index contributed by atoms with van der Waals surface area (Å²) >= 11 is 0. The Balaban J connectivity index is 2.22. The fourth-order valence-electron chi connectivity index (χ4n) is 2.38. The lowest BCUT2D eigenvalue weighted by atomic mass is 10.0. The van der Waals surface area contributed by atoms with Gasteiger partial charge in [-0.15, -0.1) is 0 Å². The summed E-state index contributed by atoms with van der Waals surface area (Å²) < 4.78 is 13.0. The van der Waals surface area contributed by atoms with Crippen LogP contribution in [0, 0.1) is 11.7 Å². The van der Waals surface area contributed by atoms with E-state index in [9.17, 15) is 9.18 Å². The van der Waals surface area contributed by atoms with Gasteiger partial charge in [-0.1, -0.05) is 13.3 Å². The first kappa shape index (κ1) is 11.9. The van der Waals surface area contributed by atoms with Gasteiger partial charge in [-0.05, 0) is 37.0 Å². The summed E-state index contributed by atoms with van der Waals surface area (Å²) in [7, 11) is 0. The van der Waals surface area contributed by atoms with Crippen molar-refractivity contribution in [3.63, 3.8) is 0 Å². The van der Waals surface area contributed by atoms with Gasteiger partial charge in [-0.25, -0.2) is 9.18 Å². The van der Waals surface area contributed by atoms with Crippen LogP contribution >= 0.6 is 0 Å². The predicted octanol–water partition coefficient (Wildman–Crippen LogP) is 3.12. The van der Waals surface area contributed by atoms with Gasteiger partial charge in [0.2, 0.25) is 0 Å². The van der Waals surface area contributed by atoms with Crippen molar-refractivity contribution >= 4 is 11.7 Å².